The first-order chi connectivity index (χ1) is 7.06. The molecule has 0 aromatic heterocycles. The monoisotopic (exact) mass is 269 g/mol. The fraction of sp³-hybridized carbons (Fsp3) is 0.364. The van der Waals surface area contributed by atoms with E-state index in [9.17, 15) is 4.79 Å². The number of carboxylic acids is 1. The molecule has 2 rings (SSSR count). The zero-order valence-corrected chi connectivity index (χ0v) is 9.70. The molecule has 1 aromatic rings. The number of aliphatic carboxylic acids is 1. The molecule has 0 radical (unpaired) electrons. The van der Waals surface area contributed by atoms with Gasteiger partial charge in [0.25, 0.3) is 0 Å². The lowest BCUT2D eigenvalue weighted by molar-refractivity contribution is -0.139. The Morgan fingerprint density at radius 2 is 1.93 bits per heavy atom. The molecule has 1 atom stereocenters. The van der Waals surface area contributed by atoms with Crippen molar-refractivity contribution in [2.75, 3.05) is 0 Å². The van der Waals surface area contributed by atoms with Gasteiger partial charge in [-0.25, -0.2) is 0 Å². The van der Waals surface area contributed by atoms with Crippen LogP contribution in [0.3, 0.4) is 0 Å². The van der Waals surface area contributed by atoms with Crippen molar-refractivity contribution in [1.29, 1.82) is 0 Å². The van der Waals surface area contributed by atoms with Crippen LogP contribution < -0.4 is 5.73 Å². The first-order valence-corrected chi connectivity index (χ1v) is 5.60. The highest BCUT2D eigenvalue weighted by molar-refractivity contribution is 9.10. The molecule has 1 fully saturated rings. The van der Waals surface area contributed by atoms with Crippen molar-refractivity contribution >= 4 is 21.9 Å². The maximum absolute atomic E-state index is 10.9. The van der Waals surface area contributed by atoms with Crippen molar-refractivity contribution in [3.05, 3.63) is 34.3 Å². The van der Waals surface area contributed by atoms with Crippen molar-refractivity contribution in [1.82, 2.24) is 0 Å². The largest absolute Gasteiger partial charge is 0.480 e. The number of carbonyl (C=O) groups is 1. The van der Waals surface area contributed by atoms with E-state index >= 15 is 0 Å². The summed E-state index contributed by atoms with van der Waals surface area (Å²) < 4.78 is 0.992. The molecule has 1 aromatic carbocycles. The highest BCUT2D eigenvalue weighted by Crippen LogP contribution is 2.50. The van der Waals surface area contributed by atoms with Gasteiger partial charge in [-0.2, -0.15) is 0 Å². The predicted molar refractivity (Wildman–Crippen MR) is 60.7 cm³/mol. The lowest BCUT2D eigenvalue weighted by Gasteiger charge is -2.20. The maximum Gasteiger partial charge on any atom is 0.321 e. The Hall–Kier alpha value is -0.870. The van der Waals surface area contributed by atoms with Crippen molar-refractivity contribution in [2.24, 2.45) is 5.73 Å². The van der Waals surface area contributed by atoms with Crippen LogP contribution >= 0.6 is 15.9 Å². The van der Waals surface area contributed by atoms with Crippen LogP contribution in [-0.2, 0) is 10.2 Å². The Labute approximate surface area is 96.4 Å². The normalized spacial score (nSPS) is 19.6. The molecule has 80 valence electrons. The topological polar surface area (TPSA) is 63.3 Å². The average Bonchev–Trinajstić information content (AvgIpc) is 2.99. The molecular weight excluding hydrogens is 258 g/mol. The van der Waals surface area contributed by atoms with Gasteiger partial charge in [-0.15, -0.1) is 0 Å². The highest BCUT2D eigenvalue weighted by Gasteiger charge is 2.52. The second-order valence-electron chi connectivity index (χ2n) is 3.98. The summed E-state index contributed by atoms with van der Waals surface area (Å²) in [7, 11) is 0. The third kappa shape index (κ3) is 1.79. The average molecular weight is 270 g/mol. The molecule has 1 aliphatic rings. The van der Waals surface area contributed by atoms with Crippen LogP contribution in [0.4, 0.5) is 0 Å². The molecule has 3 nitrogen and oxygen atoms in total. The van der Waals surface area contributed by atoms with Gasteiger partial charge in [0.05, 0.1) is 0 Å². The van der Waals surface area contributed by atoms with Crippen molar-refractivity contribution in [2.45, 2.75) is 24.3 Å². The van der Waals surface area contributed by atoms with Crippen LogP contribution in [0.25, 0.3) is 0 Å². The minimum Gasteiger partial charge on any atom is -0.480 e. The summed E-state index contributed by atoms with van der Waals surface area (Å²) in [6.07, 6.45) is 1.73. The molecule has 0 spiro atoms. The Balaban J connectivity index is 2.30. The van der Waals surface area contributed by atoms with Crippen LogP contribution in [-0.4, -0.2) is 17.1 Å². The van der Waals surface area contributed by atoms with Crippen LogP contribution in [0.15, 0.2) is 28.7 Å². The van der Waals surface area contributed by atoms with Crippen molar-refractivity contribution in [3.8, 4) is 0 Å². The third-order valence-corrected chi connectivity index (χ3v) is 3.60. The standard InChI is InChI=1S/C11H12BrNO2/c12-8-3-1-7(2-4-8)11(5-6-11)9(13)10(14)15/h1-4,9H,5-6,13H2,(H,14,15). The van der Waals surface area contributed by atoms with Crippen LogP contribution in [0.1, 0.15) is 18.4 Å². The fourth-order valence-electron chi connectivity index (χ4n) is 1.93. The van der Waals surface area contributed by atoms with Gasteiger partial charge in [-0.1, -0.05) is 28.1 Å². The van der Waals surface area contributed by atoms with Gasteiger partial charge in [0.15, 0.2) is 0 Å². The van der Waals surface area contributed by atoms with E-state index in [2.05, 4.69) is 15.9 Å². The molecule has 0 amide bonds. The number of nitrogens with two attached hydrogens (primary N) is 1. The van der Waals surface area contributed by atoms with E-state index in [4.69, 9.17) is 10.8 Å². The second kappa shape index (κ2) is 3.61. The molecule has 3 N–H and O–H groups in total. The van der Waals surface area contributed by atoms with Gasteiger partial charge < -0.3 is 10.8 Å². The molecular formula is C11H12BrNO2. The highest BCUT2D eigenvalue weighted by atomic mass is 79.9. The lowest BCUT2D eigenvalue weighted by Crippen LogP contribution is -2.41. The van der Waals surface area contributed by atoms with E-state index in [1.165, 1.54) is 0 Å². The summed E-state index contributed by atoms with van der Waals surface area (Å²) in [6.45, 7) is 0. The third-order valence-electron chi connectivity index (χ3n) is 3.07. The smallest absolute Gasteiger partial charge is 0.321 e. The van der Waals surface area contributed by atoms with Crippen LogP contribution in [0.5, 0.6) is 0 Å². The van der Waals surface area contributed by atoms with Crippen LogP contribution in [0.2, 0.25) is 0 Å². The molecule has 1 saturated carbocycles. The van der Waals surface area contributed by atoms with E-state index in [1.807, 2.05) is 24.3 Å². The van der Waals surface area contributed by atoms with Gasteiger partial charge in [0.1, 0.15) is 6.04 Å². The van der Waals surface area contributed by atoms with E-state index in [0.29, 0.717) is 0 Å². The summed E-state index contributed by atoms with van der Waals surface area (Å²) >= 11 is 3.35. The molecule has 1 unspecified atom stereocenters. The zero-order valence-electron chi connectivity index (χ0n) is 8.11. The molecule has 15 heavy (non-hydrogen) atoms. The number of carboxylic acid groups (broad SMARTS) is 1. The maximum atomic E-state index is 10.9. The molecule has 0 bridgehead atoms. The summed E-state index contributed by atoms with van der Waals surface area (Å²) in [6, 6.07) is 6.94. The van der Waals surface area contributed by atoms with E-state index in [-0.39, 0.29) is 5.41 Å². The van der Waals surface area contributed by atoms with Crippen LogP contribution in [0, 0.1) is 0 Å². The number of halogens is 1. The van der Waals surface area contributed by atoms with Crippen molar-refractivity contribution in [3.63, 3.8) is 0 Å². The van der Waals surface area contributed by atoms with Gasteiger partial charge >= 0.3 is 5.97 Å². The minimum atomic E-state index is -0.921. The fourth-order valence-corrected chi connectivity index (χ4v) is 2.20. The summed E-state index contributed by atoms with van der Waals surface area (Å²) in [5.41, 5.74) is 6.42. The summed E-state index contributed by atoms with van der Waals surface area (Å²) in [5, 5.41) is 8.94. The first kappa shape index (κ1) is 10.6. The zero-order chi connectivity index (χ0) is 11.1. The van der Waals surface area contributed by atoms with Gasteiger partial charge in [-0.3, -0.25) is 4.79 Å². The van der Waals surface area contributed by atoms with E-state index in [0.717, 1.165) is 22.9 Å². The Bertz CT molecular complexity index is 384. The van der Waals surface area contributed by atoms with Gasteiger partial charge in [-0.05, 0) is 30.5 Å². The molecule has 0 aliphatic heterocycles. The first-order valence-electron chi connectivity index (χ1n) is 4.81. The quantitative estimate of drug-likeness (QED) is 0.881. The number of hydrogen-bond donors (Lipinski definition) is 2. The van der Waals surface area contributed by atoms with E-state index in [1.54, 1.807) is 0 Å². The summed E-state index contributed by atoms with van der Waals surface area (Å²) in [4.78, 5) is 10.9. The van der Waals surface area contributed by atoms with Crippen molar-refractivity contribution < 1.29 is 9.90 Å². The molecule has 0 saturated heterocycles. The second-order valence-corrected chi connectivity index (χ2v) is 4.89. The SMILES string of the molecule is NC(C(=O)O)C1(c2ccc(Br)cc2)CC1. The molecule has 1 aliphatic carbocycles. The number of rotatable bonds is 3. The Morgan fingerprint density at radius 3 is 2.33 bits per heavy atom. The van der Waals surface area contributed by atoms with Gasteiger partial charge in [0.2, 0.25) is 0 Å². The van der Waals surface area contributed by atoms with E-state index < -0.39 is 12.0 Å². The van der Waals surface area contributed by atoms with Gasteiger partial charge in [0, 0.05) is 9.89 Å². The Morgan fingerprint density at radius 1 is 1.40 bits per heavy atom. The Kier molecular flexibility index (Phi) is 2.56. The lowest BCUT2D eigenvalue weighted by atomic mass is 9.88. The molecule has 0 heterocycles. The number of hydrogen-bond acceptors (Lipinski definition) is 2. The number of benzene rings is 1. The molecule has 4 heteroatoms. The summed E-state index contributed by atoms with van der Waals surface area (Å²) in [5.74, 6) is -0.921. The predicted octanol–water partition coefficient (Wildman–Crippen LogP) is 1.89. The minimum absolute atomic E-state index is 0.327.